The fraction of sp³-hybridized carbons (Fsp3) is 0.250. The van der Waals surface area contributed by atoms with E-state index in [9.17, 15) is 13.6 Å². The number of hydrogen-bond donors (Lipinski definition) is 0. The van der Waals surface area contributed by atoms with Crippen molar-refractivity contribution in [2.75, 3.05) is 13.2 Å². The number of para-hydroxylation sites is 1. The number of carbonyl (C=O) groups excluding carboxylic acids is 1. The van der Waals surface area contributed by atoms with Crippen LogP contribution in [0, 0.1) is 0 Å². The van der Waals surface area contributed by atoms with Crippen molar-refractivity contribution in [3.63, 3.8) is 0 Å². The zero-order valence-corrected chi connectivity index (χ0v) is 14.4. The molecule has 0 aromatic heterocycles. The summed E-state index contributed by atoms with van der Waals surface area (Å²) in [5.41, 5.74) is 1.10. The Labute approximate surface area is 155 Å². The quantitative estimate of drug-likeness (QED) is 0.559. The van der Waals surface area contributed by atoms with E-state index in [1.165, 1.54) is 12.1 Å². The van der Waals surface area contributed by atoms with Gasteiger partial charge in [-0.05, 0) is 29.8 Å². The molecule has 0 atom stereocenters. The summed E-state index contributed by atoms with van der Waals surface area (Å²) >= 11 is 0. The van der Waals surface area contributed by atoms with Gasteiger partial charge in [-0.3, -0.25) is 0 Å². The van der Waals surface area contributed by atoms with Crippen LogP contribution in [0.5, 0.6) is 17.2 Å². The molecule has 1 aliphatic heterocycles. The molecule has 2 aromatic carbocycles. The van der Waals surface area contributed by atoms with Crippen LogP contribution in [-0.4, -0.2) is 25.8 Å². The van der Waals surface area contributed by atoms with Gasteiger partial charge < -0.3 is 18.9 Å². The lowest BCUT2D eigenvalue weighted by Gasteiger charge is -2.10. The summed E-state index contributed by atoms with van der Waals surface area (Å²) in [4.78, 5) is 11.9. The Balaban J connectivity index is 1.59. The van der Waals surface area contributed by atoms with E-state index in [1.807, 2.05) is 0 Å². The first-order chi connectivity index (χ1) is 13.1. The lowest BCUT2D eigenvalue weighted by Crippen LogP contribution is -2.06. The average molecular weight is 376 g/mol. The second-order valence-corrected chi connectivity index (χ2v) is 5.68. The van der Waals surface area contributed by atoms with Gasteiger partial charge in [0.15, 0.2) is 11.5 Å². The fourth-order valence-corrected chi connectivity index (χ4v) is 2.48. The molecule has 0 saturated carbocycles. The molecule has 0 N–H and O–H groups in total. The van der Waals surface area contributed by atoms with Crippen LogP contribution in [0.4, 0.5) is 8.78 Å². The Kier molecular flexibility index (Phi) is 6.25. The van der Waals surface area contributed by atoms with Crippen LogP contribution < -0.4 is 14.2 Å². The van der Waals surface area contributed by atoms with Gasteiger partial charge in [-0.15, -0.1) is 0 Å². The predicted octanol–water partition coefficient (Wildman–Crippen LogP) is 4.21. The molecule has 5 nitrogen and oxygen atoms in total. The molecular formula is C20H18F2O5. The molecule has 7 heteroatoms. The van der Waals surface area contributed by atoms with Crippen LogP contribution >= 0.6 is 0 Å². The molecule has 0 fully saturated rings. The predicted molar refractivity (Wildman–Crippen MR) is 94.0 cm³/mol. The SMILES string of the molecule is O=C(/C=C/c1ccc2c(c1)OCCCO2)OCc1ccccc1OC(F)F. The van der Waals surface area contributed by atoms with E-state index < -0.39 is 12.6 Å². The minimum Gasteiger partial charge on any atom is -0.490 e. The van der Waals surface area contributed by atoms with E-state index >= 15 is 0 Å². The fourth-order valence-electron chi connectivity index (χ4n) is 2.48. The van der Waals surface area contributed by atoms with Gasteiger partial charge in [0.2, 0.25) is 0 Å². The van der Waals surface area contributed by atoms with Crippen molar-refractivity contribution in [3.05, 3.63) is 59.7 Å². The van der Waals surface area contributed by atoms with Gasteiger partial charge in [0.25, 0.3) is 0 Å². The van der Waals surface area contributed by atoms with Gasteiger partial charge in [-0.25, -0.2) is 4.79 Å². The number of fused-ring (bicyclic) bond motifs is 1. The van der Waals surface area contributed by atoms with Crippen molar-refractivity contribution in [1.82, 2.24) is 0 Å². The van der Waals surface area contributed by atoms with Gasteiger partial charge in [-0.2, -0.15) is 8.78 Å². The molecule has 0 bridgehead atoms. The molecule has 2 aromatic rings. The lowest BCUT2D eigenvalue weighted by atomic mass is 10.2. The molecule has 27 heavy (non-hydrogen) atoms. The Morgan fingerprint density at radius 2 is 1.89 bits per heavy atom. The normalized spacial score (nSPS) is 13.4. The van der Waals surface area contributed by atoms with E-state index in [2.05, 4.69) is 4.74 Å². The van der Waals surface area contributed by atoms with Crippen molar-refractivity contribution in [3.8, 4) is 17.2 Å². The van der Waals surface area contributed by atoms with Gasteiger partial charge in [0.1, 0.15) is 12.4 Å². The molecule has 0 aliphatic carbocycles. The number of halogens is 2. The molecule has 142 valence electrons. The molecule has 0 amide bonds. The van der Waals surface area contributed by atoms with Crippen LogP contribution in [0.2, 0.25) is 0 Å². The van der Waals surface area contributed by atoms with Gasteiger partial charge >= 0.3 is 12.6 Å². The number of carbonyl (C=O) groups is 1. The van der Waals surface area contributed by atoms with Crippen LogP contribution in [0.3, 0.4) is 0 Å². The number of benzene rings is 2. The van der Waals surface area contributed by atoms with Crippen molar-refractivity contribution >= 4 is 12.0 Å². The first-order valence-corrected chi connectivity index (χ1v) is 8.39. The van der Waals surface area contributed by atoms with Crippen molar-refractivity contribution in [2.24, 2.45) is 0 Å². The molecule has 0 saturated heterocycles. The molecule has 1 aliphatic rings. The third-order valence-electron chi connectivity index (χ3n) is 3.74. The first kappa shape index (κ1) is 18.7. The monoisotopic (exact) mass is 376 g/mol. The Hall–Kier alpha value is -3.09. The maximum absolute atomic E-state index is 12.4. The average Bonchev–Trinajstić information content (AvgIpc) is 2.90. The van der Waals surface area contributed by atoms with Gasteiger partial charge in [0.05, 0.1) is 13.2 Å². The van der Waals surface area contributed by atoms with E-state index in [-0.39, 0.29) is 12.4 Å². The largest absolute Gasteiger partial charge is 0.490 e. The molecule has 0 unspecified atom stereocenters. The van der Waals surface area contributed by atoms with E-state index in [0.29, 0.717) is 30.3 Å². The lowest BCUT2D eigenvalue weighted by molar-refractivity contribution is -0.139. The molecule has 1 heterocycles. The Bertz CT molecular complexity index is 820. The summed E-state index contributed by atoms with van der Waals surface area (Å²) in [5.74, 6) is 0.671. The number of esters is 1. The maximum atomic E-state index is 12.4. The van der Waals surface area contributed by atoms with E-state index in [1.54, 1.807) is 42.5 Å². The third-order valence-corrected chi connectivity index (χ3v) is 3.74. The first-order valence-electron chi connectivity index (χ1n) is 8.39. The highest BCUT2D eigenvalue weighted by molar-refractivity contribution is 5.87. The van der Waals surface area contributed by atoms with Crippen molar-refractivity contribution < 1.29 is 32.5 Å². The highest BCUT2D eigenvalue weighted by Crippen LogP contribution is 2.30. The van der Waals surface area contributed by atoms with E-state index in [0.717, 1.165) is 12.0 Å². The second-order valence-electron chi connectivity index (χ2n) is 5.68. The topological polar surface area (TPSA) is 54.0 Å². The highest BCUT2D eigenvalue weighted by Gasteiger charge is 2.11. The van der Waals surface area contributed by atoms with E-state index in [4.69, 9.17) is 14.2 Å². The number of rotatable bonds is 6. The highest BCUT2D eigenvalue weighted by atomic mass is 19.3. The van der Waals surface area contributed by atoms with Gasteiger partial charge in [0, 0.05) is 18.1 Å². The number of ether oxygens (including phenoxy) is 4. The molecule has 3 rings (SSSR count). The summed E-state index contributed by atoms with van der Waals surface area (Å²) in [6, 6.07) is 11.5. The smallest absolute Gasteiger partial charge is 0.387 e. The number of alkyl halides is 2. The minimum atomic E-state index is -2.94. The summed E-state index contributed by atoms with van der Waals surface area (Å²) in [7, 11) is 0. The summed E-state index contributed by atoms with van der Waals surface area (Å²) in [5, 5.41) is 0. The van der Waals surface area contributed by atoms with Crippen LogP contribution in [0.25, 0.3) is 6.08 Å². The molecular weight excluding hydrogens is 358 g/mol. The van der Waals surface area contributed by atoms with Crippen molar-refractivity contribution in [2.45, 2.75) is 19.6 Å². The van der Waals surface area contributed by atoms with Gasteiger partial charge in [-0.1, -0.05) is 24.3 Å². The molecule has 0 spiro atoms. The minimum absolute atomic E-state index is 0.0211. The number of hydrogen-bond acceptors (Lipinski definition) is 5. The van der Waals surface area contributed by atoms with Crippen LogP contribution in [0.15, 0.2) is 48.5 Å². The second kappa shape index (κ2) is 9.02. The standard InChI is InChI=1S/C20H18F2O5/c21-20(22)27-16-5-2-1-4-15(16)13-26-19(23)9-7-14-6-8-17-18(12-14)25-11-3-10-24-17/h1-2,4-9,12,20H,3,10-11,13H2/b9-7+. The third kappa shape index (κ3) is 5.44. The Morgan fingerprint density at radius 3 is 2.70 bits per heavy atom. The summed E-state index contributed by atoms with van der Waals surface area (Å²) in [6.45, 7) is -1.94. The Morgan fingerprint density at radius 1 is 1.11 bits per heavy atom. The van der Waals surface area contributed by atoms with Crippen LogP contribution in [-0.2, 0) is 16.1 Å². The van der Waals surface area contributed by atoms with Crippen LogP contribution in [0.1, 0.15) is 17.5 Å². The zero-order chi connectivity index (χ0) is 19.1. The van der Waals surface area contributed by atoms with Crippen molar-refractivity contribution in [1.29, 1.82) is 0 Å². The summed E-state index contributed by atoms with van der Waals surface area (Å²) in [6.07, 6.45) is 3.65. The maximum Gasteiger partial charge on any atom is 0.387 e. The molecule has 0 radical (unpaired) electrons. The zero-order valence-electron chi connectivity index (χ0n) is 14.4. The summed E-state index contributed by atoms with van der Waals surface area (Å²) < 4.78 is 45.4.